The number of para-hydroxylation sites is 1. The van der Waals surface area contributed by atoms with Gasteiger partial charge in [-0.15, -0.1) is 0 Å². The van der Waals surface area contributed by atoms with E-state index in [-0.39, 0.29) is 0 Å². The largest absolute Gasteiger partial charge is 0.456 e. The van der Waals surface area contributed by atoms with E-state index in [0.717, 1.165) is 66.1 Å². The smallest absolute Gasteiger partial charge is 0.164 e. The van der Waals surface area contributed by atoms with Crippen molar-refractivity contribution in [3.8, 4) is 51.0 Å². The maximum absolute atomic E-state index is 6.70. The highest BCUT2D eigenvalue weighted by atomic mass is 16.3. The van der Waals surface area contributed by atoms with Crippen molar-refractivity contribution in [2.24, 2.45) is 0 Å². The lowest BCUT2D eigenvalue weighted by molar-refractivity contribution is 0.669. The average molecular weight is 741 g/mol. The molecule has 0 spiro atoms. The number of furan rings is 1. The minimum atomic E-state index is 0.584. The normalized spacial score (nSPS) is 11.8. The molecule has 12 rings (SSSR count). The fourth-order valence-electron chi connectivity index (χ4n) is 8.60. The summed E-state index contributed by atoms with van der Waals surface area (Å²) in [5.74, 6) is 1.82. The number of fused-ring (bicyclic) bond motifs is 8. The van der Waals surface area contributed by atoms with Gasteiger partial charge in [-0.1, -0.05) is 140 Å². The van der Waals surface area contributed by atoms with Gasteiger partial charge in [-0.2, -0.15) is 0 Å². The van der Waals surface area contributed by atoms with Crippen LogP contribution in [0.15, 0.2) is 199 Å². The van der Waals surface area contributed by atoms with E-state index in [9.17, 15) is 0 Å². The summed E-state index contributed by atoms with van der Waals surface area (Å²) in [6.07, 6.45) is 0. The summed E-state index contributed by atoms with van der Waals surface area (Å²) in [5.41, 5.74) is 10.1. The van der Waals surface area contributed by atoms with Crippen LogP contribution < -0.4 is 0 Å². The van der Waals surface area contributed by atoms with Crippen LogP contribution in [0.5, 0.6) is 0 Å². The van der Waals surface area contributed by atoms with Crippen molar-refractivity contribution in [2.45, 2.75) is 0 Å². The van der Waals surface area contributed by atoms with Gasteiger partial charge in [0, 0.05) is 32.8 Å². The molecule has 0 bridgehead atoms. The van der Waals surface area contributed by atoms with Crippen LogP contribution in [0.3, 0.4) is 0 Å². The summed E-state index contributed by atoms with van der Waals surface area (Å²) < 4.78 is 9.07. The first kappa shape index (κ1) is 32.4. The summed E-state index contributed by atoms with van der Waals surface area (Å²) in [7, 11) is 0. The Bertz CT molecular complexity index is 3480. The van der Waals surface area contributed by atoms with Crippen LogP contribution >= 0.6 is 0 Å². The van der Waals surface area contributed by atoms with Crippen LogP contribution in [0.25, 0.3) is 116 Å². The Labute approximate surface area is 333 Å². The predicted octanol–water partition coefficient (Wildman–Crippen LogP) is 13.8. The van der Waals surface area contributed by atoms with E-state index >= 15 is 0 Å². The quantitative estimate of drug-likeness (QED) is 0.176. The molecule has 0 saturated heterocycles. The number of rotatable bonds is 5. The molecule has 0 fully saturated rings. The molecule has 9 aromatic carbocycles. The molecule has 0 aliphatic heterocycles. The molecule has 5 heteroatoms. The van der Waals surface area contributed by atoms with Crippen LogP contribution in [0.4, 0.5) is 0 Å². The molecule has 0 atom stereocenters. The van der Waals surface area contributed by atoms with E-state index in [1.165, 1.54) is 32.7 Å². The van der Waals surface area contributed by atoms with E-state index in [4.69, 9.17) is 19.4 Å². The van der Waals surface area contributed by atoms with Crippen LogP contribution in [0.2, 0.25) is 0 Å². The highest BCUT2D eigenvalue weighted by Crippen LogP contribution is 2.41. The lowest BCUT2D eigenvalue weighted by atomic mass is 10.0. The Morgan fingerprint density at radius 2 is 0.897 bits per heavy atom. The van der Waals surface area contributed by atoms with E-state index in [1.54, 1.807) is 0 Å². The maximum Gasteiger partial charge on any atom is 0.164 e. The molecule has 12 aromatic rings. The van der Waals surface area contributed by atoms with Crippen LogP contribution in [-0.4, -0.2) is 19.5 Å². The monoisotopic (exact) mass is 740 g/mol. The van der Waals surface area contributed by atoms with Gasteiger partial charge in [0.2, 0.25) is 0 Å². The molecule has 270 valence electrons. The summed E-state index contributed by atoms with van der Waals surface area (Å²) >= 11 is 0. The minimum Gasteiger partial charge on any atom is -0.456 e. The fraction of sp³-hybridized carbons (Fsp3) is 0. The first-order valence-corrected chi connectivity index (χ1v) is 19.5. The number of hydrogen-bond acceptors (Lipinski definition) is 4. The van der Waals surface area contributed by atoms with Crippen molar-refractivity contribution < 1.29 is 4.42 Å². The van der Waals surface area contributed by atoms with Gasteiger partial charge in [-0.05, 0) is 87.3 Å². The summed E-state index contributed by atoms with van der Waals surface area (Å²) in [4.78, 5) is 15.3. The van der Waals surface area contributed by atoms with Crippen molar-refractivity contribution >= 4 is 65.3 Å². The maximum atomic E-state index is 6.70. The van der Waals surface area contributed by atoms with Crippen LogP contribution in [-0.2, 0) is 0 Å². The summed E-state index contributed by atoms with van der Waals surface area (Å²) in [5, 5.41) is 9.11. The van der Waals surface area contributed by atoms with Crippen molar-refractivity contribution in [1.82, 2.24) is 19.5 Å². The molecule has 3 aromatic heterocycles. The van der Waals surface area contributed by atoms with Crippen molar-refractivity contribution in [3.05, 3.63) is 194 Å². The third-order valence-corrected chi connectivity index (χ3v) is 11.4. The van der Waals surface area contributed by atoms with E-state index in [1.807, 2.05) is 0 Å². The molecule has 0 N–H and O–H groups in total. The molecular weight excluding hydrogens is 709 g/mol. The standard InChI is InChI=1S/C53H32N4O/c1-2-11-33(12-3-1)38-26-28-46-44(31-38)42-17-8-9-18-45(42)57(46)47-19-10-20-48-50(47)43-27-25-41(32-49(43)58-48)53-55-51(39-23-21-34-13-4-6-15-36(34)29-39)54-52(56-53)40-24-22-35-14-5-7-16-37(35)30-40/h1-32H. The lowest BCUT2D eigenvalue weighted by Crippen LogP contribution is -2.00. The second-order valence-electron chi connectivity index (χ2n) is 14.8. The SMILES string of the molecule is c1ccc(-c2ccc3c(c2)c2ccccc2n3-c2cccc3oc4cc(-c5nc(-c6ccc7ccccc7c6)nc(-c6ccc7ccccc7c6)n5)ccc4c23)cc1. The van der Waals surface area contributed by atoms with Gasteiger partial charge in [0.1, 0.15) is 11.2 Å². The summed E-state index contributed by atoms with van der Waals surface area (Å²) in [6, 6.07) is 68.1. The minimum absolute atomic E-state index is 0.584. The van der Waals surface area contributed by atoms with E-state index in [0.29, 0.717) is 17.5 Å². The lowest BCUT2D eigenvalue weighted by Gasteiger charge is -2.10. The first-order valence-electron chi connectivity index (χ1n) is 19.5. The second-order valence-corrected chi connectivity index (χ2v) is 14.8. The highest BCUT2D eigenvalue weighted by Gasteiger charge is 2.20. The van der Waals surface area contributed by atoms with Crippen molar-refractivity contribution in [2.75, 3.05) is 0 Å². The van der Waals surface area contributed by atoms with Gasteiger partial charge in [0.25, 0.3) is 0 Å². The molecule has 0 saturated carbocycles. The number of hydrogen-bond donors (Lipinski definition) is 0. The molecule has 3 heterocycles. The van der Waals surface area contributed by atoms with Gasteiger partial charge in [0.15, 0.2) is 17.5 Å². The summed E-state index contributed by atoms with van der Waals surface area (Å²) in [6.45, 7) is 0. The average Bonchev–Trinajstić information content (AvgIpc) is 3.84. The Balaban J connectivity index is 1.03. The first-order chi connectivity index (χ1) is 28.7. The van der Waals surface area contributed by atoms with E-state index in [2.05, 4.69) is 199 Å². The second kappa shape index (κ2) is 12.8. The third kappa shape index (κ3) is 5.21. The molecule has 0 amide bonds. The zero-order valence-corrected chi connectivity index (χ0v) is 31.2. The van der Waals surface area contributed by atoms with Crippen LogP contribution in [0.1, 0.15) is 0 Å². The number of aromatic nitrogens is 4. The van der Waals surface area contributed by atoms with Crippen molar-refractivity contribution in [3.63, 3.8) is 0 Å². The molecule has 0 unspecified atom stereocenters. The van der Waals surface area contributed by atoms with Gasteiger partial charge < -0.3 is 8.98 Å². The van der Waals surface area contributed by atoms with Gasteiger partial charge in [-0.25, -0.2) is 15.0 Å². The predicted molar refractivity (Wildman–Crippen MR) is 238 cm³/mol. The third-order valence-electron chi connectivity index (χ3n) is 11.4. The zero-order chi connectivity index (χ0) is 38.2. The fourth-order valence-corrected chi connectivity index (χ4v) is 8.60. The Morgan fingerprint density at radius 3 is 1.60 bits per heavy atom. The zero-order valence-electron chi connectivity index (χ0n) is 31.2. The molecule has 58 heavy (non-hydrogen) atoms. The highest BCUT2D eigenvalue weighted by molar-refractivity contribution is 6.15. The molecule has 0 aliphatic carbocycles. The molecule has 0 radical (unpaired) electrons. The number of benzene rings is 9. The van der Waals surface area contributed by atoms with Crippen LogP contribution in [0, 0.1) is 0 Å². The Morgan fingerprint density at radius 1 is 0.328 bits per heavy atom. The number of nitrogens with zero attached hydrogens (tertiary/aromatic N) is 4. The molecule has 0 aliphatic rings. The molecular formula is C53H32N4O. The van der Waals surface area contributed by atoms with E-state index < -0.39 is 0 Å². The van der Waals surface area contributed by atoms with Crippen molar-refractivity contribution in [1.29, 1.82) is 0 Å². The van der Waals surface area contributed by atoms with Gasteiger partial charge >= 0.3 is 0 Å². The topological polar surface area (TPSA) is 56.7 Å². The van der Waals surface area contributed by atoms with Gasteiger partial charge in [-0.3, -0.25) is 0 Å². The van der Waals surface area contributed by atoms with Gasteiger partial charge in [0.05, 0.1) is 22.1 Å². The Hall–Kier alpha value is -7.89. The molecule has 5 nitrogen and oxygen atoms in total. The Kier molecular flexibility index (Phi) is 7.16.